The molecule has 3 atom stereocenters. The molecule has 1 rings (SSSR count). The predicted molar refractivity (Wildman–Crippen MR) is 104 cm³/mol. The lowest BCUT2D eigenvalue weighted by molar-refractivity contribution is -0.138. The lowest BCUT2D eigenvalue weighted by atomic mass is 10.1. The van der Waals surface area contributed by atoms with Crippen LogP contribution < -0.4 is 10.6 Å². The second kappa shape index (κ2) is 12.2. The molecule has 26 heavy (non-hydrogen) atoms. The van der Waals surface area contributed by atoms with Gasteiger partial charge in [0.15, 0.2) is 5.78 Å². The van der Waals surface area contributed by atoms with Crippen LogP contribution in [0.4, 0.5) is 0 Å². The van der Waals surface area contributed by atoms with E-state index in [1.165, 1.54) is 19.1 Å². The van der Waals surface area contributed by atoms with Gasteiger partial charge < -0.3 is 15.7 Å². The van der Waals surface area contributed by atoms with Crippen molar-refractivity contribution in [2.45, 2.75) is 76.1 Å². The van der Waals surface area contributed by atoms with Gasteiger partial charge in [-0.1, -0.05) is 28.0 Å². The van der Waals surface area contributed by atoms with E-state index in [4.69, 9.17) is 5.11 Å². The number of carboxylic acid groups (broad SMARTS) is 1. The molecular weight excluding hydrogens is 376 g/mol. The fraction of sp³-hybridized carbons (Fsp3) is 0.765. The van der Waals surface area contributed by atoms with Crippen molar-refractivity contribution < 1.29 is 24.3 Å². The number of Topliss-reactive ketones (excluding diaryl/α,β-unsaturated/α-hetero) is 1. The number of carbonyl (C=O) groups excluding carboxylic acids is 3. The molecule has 0 spiro atoms. The van der Waals surface area contributed by atoms with Gasteiger partial charge in [0.1, 0.15) is 6.04 Å². The Hall–Kier alpha value is -1.22. The predicted octanol–water partition coefficient (Wildman–Crippen LogP) is 2.14. The molecule has 1 fully saturated rings. The van der Waals surface area contributed by atoms with Crippen LogP contribution >= 0.6 is 21.6 Å². The van der Waals surface area contributed by atoms with Crippen molar-refractivity contribution in [3.8, 4) is 0 Å². The Labute approximate surface area is 162 Å². The molecule has 0 radical (unpaired) electrons. The molecule has 1 heterocycles. The SMILES string of the molecule is CC(=O)C(C)NC(=O)C(CCC(=O)O)NC(=O)CCCC[C@@H]1CCSS1. The summed E-state index contributed by atoms with van der Waals surface area (Å²) >= 11 is 0. The summed E-state index contributed by atoms with van der Waals surface area (Å²) in [6.07, 6.45) is 4.07. The van der Waals surface area contributed by atoms with E-state index in [1.807, 2.05) is 21.6 Å². The second-order valence-electron chi connectivity index (χ2n) is 6.47. The highest BCUT2D eigenvalue weighted by Crippen LogP contribution is 2.39. The summed E-state index contributed by atoms with van der Waals surface area (Å²) in [6.45, 7) is 2.91. The smallest absolute Gasteiger partial charge is 0.303 e. The standard InChI is InChI=1S/C17H28N2O5S2/c1-11(12(2)20)18-17(24)14(7-8-16(22)23)19-15(21)6-4-3-5-13-9-10-25-26-13/h11,13-14H,3-10H2,1-2H3,(H,18,24)(H,19,21)(H,22,23)/t11?,13-,14?/m1/s1. The number of hydrogen-bond acceptors (Lipinski definition) is 6. The van der Waals surface area contributed by atoms with Crippen molar-refractivity contribution in [2.24, 2.45) is 0 Å². The third-order valence-corrected chi connectivity index (χ3v) is 7.18. The third kappa shape index (κ3) is 9.47. The fourth-order valence-electron chi connectivity index (χ4n) is 2.44. The lowest BCUT2D eigenvalue weighted by Gasteiger charge is -2.20. The van der Waals surface area contributed by atoms with E-state index in [-0.39, 0.29) is 24.5 Å². The van der Waals surface area contributed by atoms with E-state index in [2.05, 4.69) is 10.6 Å². The molecule has 148 valence electrons. The molecule has 0 aliphatic carbocycles. The Morgan fingerprint density at radius 3 is 2.46 bits per heavy atom. The van der Waals surface area contributed by atoms with E-state index in [1.54, 1.807) is 6.92 Å². The maximum Gasteiger partial charge on any atom is 0.303 e. The summed E-state index contributed by atoms with van der Waals surface area (Å²) in [5.74, 6) is -0.844. The second-order valence-corrected chi connectivity index (χ2v) is 9.26. The van der Waals surface area contributed by atoms with Crippen LogP contribution in [0.2, 0.25) is 0 Å². The maximum atomic E-state index is 12.2. The highest BCUT2D eigenvalue weighted by Gasteiger charge is 2.24. The zero-order valence-corrected chi connectivity index (χ0v) is 16.9. The number of nitrogens with one attached hydrogen (secondary N) is 2. The normalized spacial score (nSPS) is 18.8. The van der Waals surface area contributed by atoms with Gasteiger partial charge in [0.05, 0.1) is 6.04 Å². The van der Waals surface area contributed by atoms with E-state index in [0.717, 1.165) is 19.3 Å². The van der Waals surface area contributed by atoms with E-state index in [9.17, 15) is 19.2 Å². The van der Waals surface area contributed by atoms with Crippen LogP contribution in [-0.2, 0) is 19.2 Å². The molecule has 0 aromatic carbocycles. The summed E-state index contributed by atoms with van der Waals surface area (Å²) in [5.41, 5.74) is 0. The van der Waals surface area contributed by atoms with Crippen LogP contribution in [0, 0.1) is 0 Å². The number of unbranched alkanes of at least 4 members (excludes halogenated alkanes) is 1. The molecular formula is C17H28N2O5S2. The average molecular weight is 405 g/mol. The van der Waals surface area contributed by atoms with Crippen molar-refractivity contribution in [3.63, 3.8) is 0 Å². The van der Waals surface area contributed by atoms with Gasteiger partial charge in [0, 0.05) is 23.8 Å². The first-order valence-electron chi connectivity index (χ1n) is 8.90. The third-order valence-electron chi connectivity index (χ3n) is 4.17. The van der Waals surface area contributed by atoms with Crippen LogP contribution in [0.15, 0.2) is 0 Å². The quantitative estimate of drug-likeness (QED) is 0.337. The molecule has 0 aromatic heterocycles. The molecule has 1 aliphatic rings. The fourth-order valence-corrected chi connectivity index (χ4v) is 5.47. The minimum absolute atomic E-state index is 0.00648. The van der Waals surface area contributed by atoms with Crippen molar-refractivity contribution in [2.75, 3.05) is 5.75 Å². The molecule has 0 aromatic rings. The molecule has 1 saturated heterocycles. The van der Waals surface area contributed by atoms with Crippen LogP contribution in [0.25, 0.3) is 0 Å². The van der Waals surface area contributed by atoms with Crippen molar-refractivity contribution in [1.82, 2.24) is 10.6 Å². The van der Waals surface area contributed by atoms with E-state index in [0.29, 0.717) is 11.7 Å². The van der Waals surface area contributed by atoms with Gasteiger partial charge in [-0.15, -0.1) is 0 Å². The number of hydrogen-bond donors (Lipinski definition) is 3. The zero-order valence-electron chi connectivity index (χ0n) is 15.3. The molecule has 0 saturated carbocycles. The first-order chi connectivity index (χ1) is 12.3. The van der Waals surface area contributed by atoms with Crippen molar-refractivity contribution >= 4 is 45.2 Å². The summed E-state index contributed by atoms with van der Waals surface area (Å²) in [6, 6.07) is -1.62. The van der Waals surface area contributed by atoms with E-state index < -0.39 is 24.0 Å². The molecule has 7 nitrogen and oxygen atoms in total. The molecule has 1 aliphatic heterocycles. The molecule has 2 unspecified atom stereocenters. The van der Waals surface area contributed by atoms with Gasteiger partial charge >= 0.3 is 5.97 Å². The minimum atomic E-state index is -1.04. The van der Waals surface area contributed by atoms with Gasteiger partial charge in [-0.3, -0.25) is 19.2 Å². The Morgan fingerprint density at radius 1 is 1.15 bits per heavy atom. The Bertz CT molecular complexity index is 509. The van der Waals surface area contributed by atoms with Gasteiger partial charge in [-0.25, -0.2) is 0 Å². The number of rotatable bonds is 12. The lowest BCUT2D eigenvalue weighted by Crippen LogP contribution is -2.50. The van der Waals surface area contributed by atoms with Crippen LogP contribution in [0.1, 0.15) is 58.8 Å². The van der Waals surface area contributed by atoms with E-state index >= 15 is 0 Å². The summed E-state index contributed by atoms with van der Waals surface area (Å²) in [7, 11) is 3.81. The van der Waals surface area contributed by atoms with Gasteiger partial charge in [-0.2, -0.15) is 0 Å². The largest absolute Gasteiger partial charge is 0.481 e. The number of amides is 2. The van der Waals surface area contributed by atoms with Gasteiger partial charge in [0.2, 0.25) is 11.8 Å². The Balaban J connectivity index is 2.41. The first kappa shape index (κ1) is 22.8. The number of carbonyl (C=O) groups is 4. The molecule has 9 heteroatoms. The number of ketones is 1. The van der Waals surface area contributed by atoms with Gasteiger partial charge in [-0.05, 0) is 39.5 Å². The summed E-state index contributed by atoms with van der Waals surface area (Å²) in [4.78, 5) is 46.4. The van der Waals surface area contributed by atoms with Gasteiger partial charge in [0.25, 0.3) is 0 Å². The maximum absolute atomic E-state index is 12.2. The summed E-state index contributed by atoms with van der Waals surface area (Å²) < 4.78 is 0. The highest BCUT2D eigenvalue weighted by molar-refractivity contribution is 8.77. The van der Waals surface area contributed by atoms with Crippen molar-refractivity contribution in [3.05, 3.63) is 0 Å². The zero-order chi connectivity index (χ0) is 19.5. The topological polar surface area (TPSA) is 113 Å². The molecule has 2 amide bonds. The molecule has 0 bridgehead atoms. The van der Waals surface area contributed by atoms with Crippen LogP contribution in [0.5, 0.6) is 0 Å². The van der Waals surface area contributed by atoms with Crippen molar-refractivity contribution in [1.29, 1.82) is 0 Å². The summed E-state index contributed by atoms with van der Waals surface area (Å²) in [5, 5.41) is 14.6. The van der Waals surface area contributed by atoms with Crippen LogP contribution in [0.3, 0.4) is 0 Å². The Kier molecular flexibility index (Phi) is 10.7. The van der Waals surface area contributed by atoms with Crippen LogP contribution in [-0.4, -0.2) is 51.8 Å². The first-order valence-corrected chi connectivity index (χ1v) is 11.3. The Morgan fingerprint density at radius 2 is 1.88 bits per heavy atom. The molecule has 3 N–H and O–H groups in total. The number of aliphatic carboxylic acids is 1. The highest BCUT2D eigenvalue weighted by atomic mass is 33.1. The minimum Gasteiger partial charge on any atom is -0.481 e. The average Bonchev–Trinajstić information content (AvgIpc) is 3.08. The monoisotopic (exact) mass is 404 g/mol. The number of carboxylic acids is 1.